The number of amides is 1. The number of aliphatic hydroxyl groups is 2. The highest BCUT2D eigenvalue weighted by Crippen LogP contribution is 2.63. The second kappa shape index (κ2) is 9.64. The van der Waals surface area contributed by atoms with Crippen molar-refractivity contribution in [2.45, 2.75) is 64.3 Å². The fraction of sp³-hybridized carbons (Fsp3) is 0.567. The number of rotatable bonds is 7. The number of carbonyl (C=O) groups excluding carboxylic acids is 3. The number of carbonyl (C=O) groups is 3. The van der Waals surface area contributed by atoms with Crippen LogP contribution in [-0.4, -0.2) is 58.7 Å². The van der Waals surface area contributed by atoms with E-state index in [4.69, 9.17) is 10.6 Å². The summed E-state index contributed by atoms with van der Waals surface area (Å²) < 4.78 is 14.9. The summed E-state index contributed by atoms with van der Waals surface area (Å²) in [6.45, 7) is 5.54. The molecule has 3 aliphatic carbocycles. The molecule has 9 heteroatoms. The number of hydroxylamine groups is 1. The monoisotopic (exact) mass is 540 g/mol. The second-order valence-corrected chi connectivity index (χ2v) is 12.2. The molecule has 4 N–H and O–H groups in total. The van der Waals surface area contributed by atoms with E-state index in [2.05, 4.69) is 0 Å². The Hall–Kier alpha value is -2.88. The first-order valence-electron chi connectivity index (χ1n) is 13.7. The van der Waals surface area contributed by atoms with Gasteiger partial charge in [-0.2, -0.15) is 0 Å². The fourth-order valence-electron chi connectivity index (χ4n) is 7.92. The Bertz CT molecular complexity index is 1250. The van der Waals surface area contributed by atoms with Crippen LogP contribution in [0.15, 0.2) is 48.1 Å². The molecule has 1 amide bonds. The third-order valence-electron chi connectivity index (χ3n) is 10.2. The Morgan fingerprint density at radius 1 is 1.23 bits per heavy atom. The van der Waals surface area contributed by atoms with Gasteiger partial charge < -0.3 is 15.9 Å². The van der Waals surface area contributed by atoms with E-state index in [0.717, 1.165) is 0 Å². The number of fused-ring (bicyclic) bond motifs is 2. The number of anilines is 1. The van der Waals surface area contributed by atoms with Crippen LogP contribution in [0.1, 0.15) is 56.8 Å². The number of hydrogen-bond acceptors (Lipinski definition) is 7. The molecule has 8 unspecified atom stereocenters. The normalized spacial score (nSPS) is 38.3. The van der Waals surface area contributed by atoms with Gasteiger partial charge in [0.05, 0.1) is 18.3 Å². The number of benzene rings is 1. The summed E-state index contributed by atoms with van der Waals surface area (Å²) >= 11 is 0. The van der Waals surface area contributed by atoms with Crippen molar-refractivity contribution in [3.8, 4) is 0 Å². The van der Waals surface area contributed by atoms with E-state index in [9.17, 15) is 29.0 Å². The zero-order chi connectivity index (χ0) is 28.3. The molecule has 1 aromatic carbocycles. The number of allylic oxidation sites excluding steroid dienone is 4. The molecule has 39 heavy (non-hydrogen) atoms. The van der Waals surface area contributed by atoms with Gasteiger partial charge in [-0.3, -0.25) is 24.3 Å². The first kappa shape index (κ1) is 27.7. The van der Waals surface area contributed by atoms with Gasteiger partial charge in [-0.1, -0.05) is 26.8 Å². The van der Waals surface area contributed by atoms with Gasteiger partial charge in [0.25, 0.3) is 0 Å². The van der Waals surface area contributed by atoms with Crippen molar-refractivity contribution >= 4 is 23.2 Å². The lowest BCUT2D eigenvalue weighted by molar-refractivity contribution is -0.169. The molecular weight excluding hydrogens is 503 g/mol. The Balaban J connectivity index is 1.47. The van der Waals surface area contributed by atoms with Crippen LogP contribution < -0.4 is 10.8 Å². The van der Waals surface area contributed by atoms with Crippen LogP contribution in [0.2, 0.25) is 0 Å². The van der Waals surface area contributed by atoms with Crippen LogP contribution >= 0.6 is 0 Å². The summed E-state index contributed by atoms with van der Waals surface area (Å²) in [5.74, 6) is -1.85. The highest BCUT2D eigenvalue weighted by atomic mass is 19.1. The Morgan fingerprint density at radius 3 is 2.56 bits per heavy atom. The zero-order valence-corrected chi connectivity index (χ0v) is 22.6. The van der Waals surface area contributed by atoms with E-state index in [1.54, 1.807) is 35.4 Å². The molecule has 1 aliphatic heterocycles. The molecule has 1 aromatic rings. The molecule has 4 aliphatic rings. The van der Waals surface area contributed by atoms with Gasteiger partial charge in [0.15, 0.2) is 17.2 Å². The van der Waals surface area contributed by atoms with Crippen LogP contribution in [0, 0.1) is 28.6 Å². The molecule has 5 rings (SSSR count). The predicted octanol–water partition coefficient (Wildman–Crippen LogP) is 3.07. The van der Waals surface area contributed by atoms with Gasteiger partial charge in [0, 0.05) is 22.3 Å². The van der Waals surface area contributed by atoms with Crippen LogP contribution in [0.5, 0.6) is 0 Å². The summed E-state index contributed by atoms with van der Waals surface area (Å²) in [6.07, 6.45) is 3.86. The van der Waals surface area contributed by atoms with Crippen molar-refractivity contribution in [3.05, 3.63) is 53.6 Å². The number of Topliss-reactive ketones (excluding diaryl/α,β-unsaturated/α-hetero) is 1. The molecule has 210 valence electrons. The quantitative estimate of drug-likeness (QED) is 0.485. The molecule has 0 radical (unpaired) electrons. The number of primary amides is 1. The van der Waals surface area contributed by atoms with Crippen LogP contribution in [0.4, 0.5) is 10.1 Å². The summed E-state index contributed by atoms with van der Waals surface area (Å²) in [7, 11) is 0. The Kier molecular flexibility index (Phi) is 6.84. The predicted molar refractivity (Wildman–Crippen MR) is 142 cm³/mol. The minimum Gasteiger partial charge on any atom is -0.393 e. The van der Waals surface area contributed by atoms with Crippen molar-refractivity contribution in [2.75, 3.05) is 18.2 Å². The number of aliphatic hydroxyl groups excluding tert-OH is 2. The van der Waals surface area contributed by atoms with E-state index in [0.29, 0.717) is 36.2 Å². The molecule has 0 spiro atoms. The average Bonchev–Trinajstić information content (AvgIpc) is 3.37. The molecule has 3 fully saturated rings. The van der Waals surface area contributed by atoms with E-state index >= 15 is 0 Å². The molecule has 8 atom stereocenters. The van der Waals surface area contributed by atoms with Crippen LogP contribution in [-0.2, 0) is 14.4 Å². The smallest absolute Gasteiger partial charge is 0.248 e. The molecule has 0 aromatic heterocycles. The summed E-state index contributed by atoms with van der Waals surface area (Å²) in [4.78, 5) is 43.6. The molecular formula is C30H37FN2O6. The average molecular weight is 541 g/mol. The maximum Gasteiger partial charge on any atom is 0.248 e. The van der Waals surface area contributed by atoms with Gasteiger partial charge in [-0.05, 0) is 79.5 Å². The Labute approximate surface area is 227 Å². The van der Waals surface area contributed by atoms with Crippen molar-refractivity contribution in [1.29, 1.82) is 0 Å². The van der Waals surface area contributed by atoms with Gasteiger partial charge in [-0.25, -0.2) is 4.39 Å². The zero-order valence-electron chi connectivity index (χ0n) is 22.6. The van der Waals surface area contributed by atoms with Gasteiger partial charge in [0.1, 0.15) is 12.8 Å². The van der Waals surface area contributed by atoms with E-state index < -0.39 is 47.0 Å². The van der Waals surface area contributed by atoms with Gasteiger partial charge >= 0.3 is 0 Å². The van der Waals surface area contributed by atoms with Crippen molar-refractivity contribution in [2.24, 2.45) is 34.3 Å². The van der Waals surface area contributed by atoms with Gasteiger partial charge in [0.2, 0.25) is 5.91 Å². The summed E-state index contributed by atoms with van der Waals surface area (Å²) in [6, 6.07) is 6.59. The molecule has 1 saturated heterocycles. The lowest BCUT2D eigenvalue weighted by Crippen LogP contribution is -2.58. The number of alkyl halides is 1. The van der Waals surface area contributed by atoms with Gasteiger partial charge in [-0.15, -0.1) is 0 Å². The van der Waals surface area contributed by atoms with E-state index in [1.165, 1.54) is 12.2 Å². The Morgan fingerprint density at radius 2 is 1.92 bits per heavy atom. The molecule has 8 nitrogen and oxygen atoms in total. The second-order valence-electron chi connectivity index (χ2n) is 12.2. The van der Waals surface area contributed by atoms with Crippen molar-refractivity contribution in [3.63, 3.8) is 0 Å². The highest BCUT2D eigenvalue weighted by Gasteiger charge is 2.70. The van der Waals surface area contributed by atoms with Crippen LogP contribution in [0.25, 0.3) is 0 Å². The summed E-state index contributed by atoms with van der Waals surface area (Å²) in [5, 5.41) is 23.5. The molecule has 1 heterocycles. The van der Waals surface area contributed by atoms with Crippen molar-refractivity contribution < 1.29 is 33.8 Å². The number of ketones is 2. The van der Waals surface area contributed by atoms with E-state index in [-0.39, 0.29) is 36.4 Å². The largest absolute Gasteiger partial charge is 0.393 e. The highest BCUT2D eigenvalue weighted by molar-refractivity contribution is 6.01. The topological polar surface area (TPSA) is 130 Å². The molecule has 0 bridgehead atoms. The van der Waals surface area contributed by atoms with E-state index in [1.807, 2.05) is 20.8 Å². The van der Waals surface area contributed by atoms with Crippen LogP contribution in [0.3, 0.4) is 0 Å². The minimum atomic E-state index is -1.38. The lowest BCUT2D eigenvalue weighted by atomic mass is 9.57. The maximum absolute atomic E-state index is 14.9. The minimum absolute atomic E-state index is 0.0177. The number of nitrogens with two attached hydrogens (primary N) is 1. The third-order valence-corrected chi connectivity index (χ3v) is 10.2. The third kappa shape index (κ3) is 4.08. The van der Waals surface area contributed by atoms with Crippen molar-refractivity contribution in [1.82, 2.24) is 0 Å². The number of nitrogens with zero attached hydrogens (tertiary/aromatic N) is 1. The number of hydrogen-bond donors (Lipinski definition) is 3. The maximum atomic E-state index is 14.9. The number of halogens is 1. The first-order chi connectivity index (χ1) is 18.4. The fourth-order valence-corrected chi connectivity index (χ4v) is 7.92. The lowest BCUT2D eigenvalue weighted by Gasteiger charge is -2.50. The SMILES string of the molecule is CC1CC2CN(c3ccc(C(N)=O)cc3)OC2(C(=O)CO)C1(C)CC(O)C1CCC(F)C2=CC(=O)C=CC21C. The molecule has 2 saturated carbocycles. The summed E-state index contributed by atoms with van der Waals surface area (Å²) in [5.41, 5.74) is 3.73. The first-order valence-corrected chi connectivity index (χ1v) is 13.7. The standard InChI is InChI=1S/C30H37FN2O6/c1-17-12-19-15-33(20-6-4-18(5-7-20)27(32)38)39-30(19,26(37)16-34)29(17,3)14-25(36)22-8-9-24(31)23-13-21(35)10-11-28(22,23)2/h4-7,10-11,13,17,19,22,24-25,34,36H,8-9,12,14-16H2,1-3H3,(H2,32,38).